The van der Waals surface area contributed by atoms with Crippen molar-refractivity contribution in [2.45, 2.75) is 24.4 Å². The number of hydrogen-bond donors (Lipinski definition) is 0. The third-order valence-corrected chi connectivity index (χ3v) is 4.50. The van der Waals surface area contributed by atoms with Gasteiger partial charge in [-0.3, -0.25) is 0 Å². The predicted octanol–water partition coefficient (Wildman–Crippen LogP) is 2.50. The molecular formula is C16H17N5O2S. The first kappa shape index (κ1) is 16.3. The van der Waals surface area contributed by atoms with Crippen LogP contribution in [0.25, 0.3) is 5.65 Å². The van der Waals surface area contributed by atoms with Crippen LogP contribution in [0, 0.1) is 6.92 Å². The van der Waals surface area contributed by atoms with Crippen LogP contribution in [-0.4, -0.2) is 37.2 Å². The Labute approximate surface area is 143 Å². The van der Waals surface area contributed by atoms with Crippen molar-refractivity contribution in [1.82, 2.24) is 24.1 Å². The maximum absolute atomic E-state index is 11.8. The molecule has 0 aliphatic rings. The third kappa shape index (κ3) is 3.05. The molecule has 0 saturated heterocycles. The van der Waals surface area contributed by atoms with Gasteiger partial charge in [0.2, 0.25) is 0 Å². The molecule has 0 spiro atoms. The van der Waals surface area contributed by atoms with Crippen molar-refractivity contribution in [2.24, 2.45) is 0 Å². The van der Waals surface area contributed by atoms with E-state index >= 15 is 0 Å². The first-order valence-corrected chi connectivity index (χ1v) is 8.31. The van der Waals surface area contributed by atoms with Crippen LogP contribution in [0.4, 0.5) is 0 Å². The summed E-state index contributed by atoms with van der Waals surface area (Å²) in [6.45, 7) is 6.33. The molecule has 0 amide bonds. The zero-order valence-corrected chi connectivity index (χ0v) is 14.3. The number of aryl methyl sites for hydroxylation is 1. The Bertz CT molecular complexity index is 899. The normalized spacial score (nSPS) is 10.9. The SMILES string of the molecule is C=CCn1c(C)nnc1SCc1cn2cccc(C(=O)OC)c2n1. The first-order valence-electron chi connectivity index (χ1n) is 7.32. The smallest absolute Gasteiger partial charge is 0.341 e. The third-order valence-electron chi connectivity index (χ3n) is 3.50. The van der Waals surface area contributed by atoms with Gasteiger partial charge in [-0.25, -0.2) is 9.78 Å². The predicted molar refractivity (Wildman–Crippen MR) is 91.0 cm³/mol. The average molecular weight is 343 g/mol. The van der Waals surface area contributed by atoms with E-state index in [4.69, 9.17) is 4.74 Å². The molecular weight excluding hydrogens is 326 g/mol. The minimum Gasteiger partial charge on any atom is -0.465 e. The number of aromatic nitrogens is 5. The lowest BCUT2D eigenvalue weighted by Gasteiger charge is -2.03. The van der Waals surface area contributed by atoms with Gasteiger partial charge in [-0.05, 0) is 19.1 Å². The fraction of sp³-hybridized carbons (Fsp3) is 0.250. The largest absolute Gasteiger partial charge is 0.465 e. The monoisotopic (exact) mass is 343 g/mol. The molecule has 0 aliphatic heterocycles. The Morgan fingerprint density at radius 1 is 1.46 bits per heavy atom. The number of carbonyl (C=O) groups excluding carboxylic acids is 1. The van der Waals surface area contributed by atoms with E-state index in [9.17, 15) is 4.79 Å². The molecule has 0 unspecified atom stereocenters. The van der Waals surface area contributed by atoms with Gasteiger partial charge in [0.05, 0.1) is 12.8 Å². The minimum atomic E-state index is -0.397. The summed E-state index contributed by atoms with van der Waals surface area (Å²) in [4.78, 5) is 16.4. The van der Waals surface area contributed by atoms with Crippen LogP contribution in [-0.2, 0) is 17.0 Å². The minimum absolute atomic E-state index is 0.397. The molecule has 0 radical (unpaired) electrons. The second-order valence-electron chi connectivity index (χ2n) is 5.09. The maximum Gasteiger partial charge on any atom is 0.341 e. The van der Waals surface area contributed by atoms with Gasteiger partial charge in [0.25, 0.3) is 0 Å². The van der Waals surface area contributed by atoms with E-state index in [1.54, 1.807) is 23.9 Å². The van der Waals surface area contributed by atoms with Gasteiger partial charge in [-0.15, -0.1) is 16.8 Å². The second-order valence-corrected chi connectivity index (χ2v) is 6.04. The topological polar surface area (TPSA) is 74.3 Å². The summed E-state index contributed by atoms with van der Waals surface area (Å²) in [7, 11) is 1.36. The van der Waals surface area contributed by atoms with Crippen molar-refractivity contribution in [1.29, 1.82) is 0 Å². The van der Waals surface area contributed by atoms with Gasteiger partial charge >= 0.3 is 5.97 Å². The Morgan fingerprint density at radius 2 is 2.29 bits per heavy atom. The summed E-state index contributed by atoms with van der Waals surface area (Å²) in [5.74, 6) is 1.07. The fourth-order valence-corrected chi connectivity index (χ4v) is 3.23. The lowest BCUT2D eigenvalue weighted by atomic mass is 10.3. The van der Waals surface area contributed by atoms with Gasteiger partial charge in [0, 0.05) is 24.7 Å². The van der Waals surface area contributed by atoms with Crippen LogP contribution in [0.2, 0.25) is 0 Å². The van der Waals surface area contributed by atoms with Crippen molar-refractivity contribution >= 4 is 23.4 Å². The van der Waals surface area contributed by atoms with Crippen LogP contribution < -0.4 is 0 Å². The summed E-state index contributed by atoms with van der Waals surface area (Å²) in [6, 6.07) is 3.50. The van der Waals surface area contributed by atoms with Gasteiger partial charge in [-0.2, -0.15) is 0 Å². The molecule has 124 valence electrons. The standard InChI is InChI=1S/C16H17N5O2S/c1-4-7-21-11(2)18-19-16(21)24-10-12-9-20-8-5-6-13(14(20)17-12)15(22)23-3/h4-6,8-9H,1,7,10H2,2-3H3. The van der Waals surface area contributed by atoms with Crippen molar-refractivity contribution in [3.8, 4) is 0 Å². The molecule has 0 atom stereocenters. The van der Waals surface area contributed by atoms with Crippen molar-refractivity contribution in [2.75, 3.05) is 7.11 Å². The number of hydrogen-bond acceptors (Lipinski definition) is 6. The molecule has 0 N–H and O–H groups in total. The van der Waals surface area contributed by atoms with E-state index in [2.05, 4.69) is 21.8 Å². The zero-order chi connectivity index (χ0) is 17.1. The van der Waals surface area contributed by atoms with E-state index in [0.717, 1.165) is 16.7 Å². The first-order chi connectivity index (χ1) is 11.6. The number of nitrogens with zero attached hydrogens (tertiary/aromatic N) is 5. The summed E-state index contributed by atoms with van der Waals surface area (Å²) in [5.41, 5.74) is 1.88. The van der Waals surface area contributed by atoms with E-state index in [1.165, 1.54) is 7.11 Å². The number of carbonyl (C=O) groups is 1. The number of imidazole rings is 1. The lowest BCUT2D eigenvalue weighted by molar-refractivity contribution is 0.0602. The summed E-state index contributed by atoms with van der Waals surface area (Å²) in [5, 5.41) is 9.10. The number of allylic oxidation sites excluding steroid dienone is 1. The number of rotatable bonds is 6. The number of thioether (sulfide) groups is 1. The zero-order valence-electron chi connectivity index (χ0n) is 13.5. The fourth-order valence-electron chi connectivity index (χ4n) is 2.35. The molecule has 3 rings (SSSR count). The van der Waals surface area contributed by atoms with Crippen LogP contribution in [0.15, 0.2) is 42.3 Å². The number of fused-ring (bicyclic) bond motifs is 1. The molecule has 0 saturated carbocycles. The molecule has 3 heterocycles. The highest BCUT2D eigenvalue weighted by atomic mass is 32.2. The summed E-state index contributed by atoms with van der Waals surface area (Å²) in [6.07, 6.45) is 5.57. The molecule has 8 heteroatoms. The van der Waals surface area contributed by atoms with Gasteiger partial charge in [0.1, 0.15) is 11.4 Å². The Hall–Kier alpha value is -2.61. The van der Waals surface area contributed by atoms with E-state index < -0.39 is 5.97 Å². The molecule has 0 bridgehead atoms. The van der Waals surface area contributed by atoms with Crippen LogP contribution >= 0.6 is 11.8 Å². The molecule has 0 aromatic carbocycles. The van der Waals surface area contributed by atoms with Crippen LogP contribution in [0.5, 0.6) is 0 Å². The van der Waals surface area contributed by atoms with E-state index in [1.807, 2.05) is 34.4 Å². The quantitative estimate of drug-likeness (QED) is 0.389. The lowest BCUT2D eigenvalue weighted by Crippen LogP contribution is -2.03. The summed E-state index contributed by atoms with van der Waals surface area (Å²) >= 11 is 1.55. The molecule has 24 heavy (non-hydrogen) atoms. The summed E-state index contributed by atoms with van der Waals surface area (Å²) < 4.78 is 8.61. The van der Waals surface area contributed by atoms with Crippen molar-refractivity contribution < 1.29 is 9.53 Å². The highest BCUT2D eigenvalue weighted by molar-refractivity contribution is 7.98. The number of methoxy groups -OCH3 is 1. The average Bonchev–Trinajstić information content (AvgIpc) is 3.16. The van der Waals surface area contributed by atoms with E-state index in [0.29, 0.717) is 23.5 Å². The molecule has 0 aliphatic carbocycles. The highest BCUT2D eigenvalue weighted by Gasteiger charge is 2.14. The molecule has 3 aromatic heterocycles. The number of esters is 1. The van der Waals surface area contributed by atoms with Gasteiger partial charge in [0.15, 0.2) is 10.8 Å². The van der Waals surface area contributed by atoms with Crippen molar-refractivity contribution in [3.05, 3.63) is 54.3 Å². The molecule has 7 nitrogen and oxygen atoms in total. The number of pyridine rings is 1. The van der Waals surface area contributed by atoms with Gasteiger partial charge in [-0.1, -0.05) is 17.8 Å². The Morgan fingerprint density at radius 3 is 3.04 bits per heavy atom. The van der Waals surface area contributed by atoms with Gasteiger partial charge < -0.3 is 13.7 Å². The number of ether oxygens (including phenoxy) is 1. The Kier molecular flexibility index (Phi) is 4.66. The van der Waals surface area contributed by atoms with Crippen LogP contribution in [0.1, 0.15) is 21.9 Å². The van der Waals surface area contributed by atoms with Crippen LogP contribution in [0.3, 0.4) is 0 Å². The molecule has 3 aromatic rings. The second kappa shape index (κ2) is 6.88. The van der Waals surface area contributed by atoms with Crippen molar-refractivity contribution in [3.63, 3.8) is 0 Å². The highest BCUT2D eigenvalue weighted by Crippen LogP contribution is 2.22. The molecule has 0 fully saturated rings. The van der Waals surface area contributed by atoms with E-state index in [-0.39, 0.29) is 0 Å². The Balaban J connectivity index is 1.84. The maximum atomic E-state index is 11.8.